The highest BCUT2D eigenvalue weighted by Crippen LogP contribution is 2.56. The fourth-order valence-electron chi connectivity index (χ4n) is 6.52. The van der Waals surface area contributed by atoms with Gasteiger partial charge in [0, 0.05) is 24.2 Å². The molecule has 2 aromatic carbocycles. The van der Waals surface area contributed by atoms with Crippen molar-refractivity contribution in [3.05, 3.63) is 64.2 Å². The summed E-state index contributed by atoms with van der Waals surface area (Å²) >= 11 is 0. The van der Waals surface area contributed by atoms with E-state index in [2.05, 4.69) is 60.5 Å². The Morgan fingerprint density at radius 1 is 0.933 bits per heavy atom. The average Bonchev–Trinajstić information content (AvgIpc) is 3.09. The molecule has 3 aliphatic rings. The molecule has 0 aromatic heterocycles. The number of hydrogen-bond donors (Lipinski definition) is 2. The van der Waals surface area contributed by atoms with Crippen molar-refractivity contribution in [1.82, 2.24) is 10.2 Å². The molecule has 0 amide bonds. The first-order chi connectivity index (χ1) is 14.6. The van der Waals surface area contributed by atoms with Crippen molar-refractivity contribution >= 4 is 0 Å². The van der Waals surface area contributed by atoms with Crippen LogP contribution in [-0.4, -0.2) is 29.1 Å². The maximum absolute atomic E-state index is 11.0. The van der Waals surface area contributed by atoms with Gasteiger partial charge in [0.15, 0.2) is 0 Å². The van der Waals surface area contributed by atoms with Crippen LogP contribution in [0.2, 0.25) is 0 Å². The summed E-state index contributed by atoms with van der Waals surface area (Å²) in [6, 6.07) is 13.9. The van der Waals surface area contributed by atoms with Crippen LogP contribution in [0.25, 0.3) is 0 Å². The Kier molecular flexibility index (Phi) is 5.59. The number of nitrogens with one attached hydrogen (secondary N) is 1. The lowest BCUT2D eigenvalue weighted by Gasteiger charge is -2.37. The van der Waals surface area contributed by atoms with Gasteiger partial charge in [-0.1, -0.05) is 49.2 Å². The Morgan fingerprint density at radius 3 is 2.43 bits per heavy atom. The van der Waals surface area contributed by atoms with Crippen molar-refractivity contribution in [2.75, 3.05) is 13.1 Å². The first kappa shape index (κ1) is 20.1. The van der Waals surface area contributed by atoms with Gasteiger partial charge < -0.3 is 10.4 Å². The van der Waals surface area contributed by atoms with Crippen molar-refractivity contribution in [3.8, 4) is 5.75 Å². The molecule has 3 heteroatoms. The van der Waals surface area contributed by atoms with Gasteiger partial charge in [-0.2, -0.15) is 0 Å². The van der Waals surface area contributed by atoms with Crippen LogP contribution in [0, 0.1) is 19.8 Å². The van der Waals surface area contributed by atoms with Crippen LogP contribution in [-0.2, 0) is 6.54 Å². The lowest BCUT2D eigenvalue weighted by atomic mass is 9.77. The minimum Gasteiger partial charge on any atom is -0.507 e. The summed E-state index contributed by atoms with van der Waals surface area (Å²) in [7, 11) is 0. The molecule has 0 radical (unpaired) electrons. The van der Waals surface area contributed by atoms with E-state index < -0.39 is 0 Å². The Bertz CT molecular complexity index is 885. The van der Waals surface area contributed by atoms with Crippen LogP contribution in [0.1, 0.15) is 78.3 Å². The molecule has 3 atom stereocenters. The number of likely N-dealkylation sites (tertiary alicyclic amines) is 1. The number of phenolic OH excluding ortho intramolecular Hbond substituents is 1. The molecule has 2 fully saturated rings. The smallest absolute Gasteiger partial charge is 0.123 e. The van der Waals surface area contributed by atoms with E-state index in [1.165, 1.54) is 60.8 Å². The van der Waals surface area contributed by atoms with Crippen LogP contribution in [0.15, 0.2) is 36.4 Å². The van der Waals surface area contributed by atoms with Crippen LogP contribution in [0.5, 0.6) is 5.75 Å². The van der Waals surface area contributed by atoms with Crippen molar-refractivity contribution in [2.45, 2.75) is 76.9 Å². The largest absolute Gasteiger partial charge is 0.507 e. The van der Waals surface area contributed by atoms with E-state index in [9.17, 15) is 5.11 Å². The summed E-state index contributed by atoms with van der Waals surface area (Å²) in [6.07, 6.45) is 7.64. The van der Waals surface area contributed by atoms with Crippen molar-refractivity contribution in [2.24, 2.45) is 5.92 Å². The van der Waals surface area contributed by atoms with E-state index in [1.807, 2.05) is 0 Å². The highest BCUT2D eigenvalue weighted by Gasteiger charge is 2.45. The molecule has 2 N–H and O–H groups in total. The number of rotatable bonds is 4. The zero-order valence-corrected chi connectivity index (χ0v) is 18.5. The molecule has 160 valence electrons. The van der Waals surface area contributed by atoms with E-state index in [-0.39, 0.29) is 0 Å². The van der Waals surface area contributed by atoms with Crippen molar-refractivity contribution in [1.29, 1.82) is 0 Å². The third kappa shape index (κ3) is 3.67. The van der Waals surface area contributed by atoms with Crippen molar-refractivity contribution < 1.29 is 5.11 Å². The van der Waals surface area contributed by atoms with Gasteiger partial charge in [0.1, 0.15) is 5.75 Å². The molecule has 1 saturated heterocycles. The van der Waals surface area contributed by atoms with E-state index in [1.54, 1.807) is 0 Å². The molecule has 5 rings (SSSR count). The first-order valence-corrected chi connectivity index (χ1v) is 12.0. The molecular weight excluding hydrogens is 368 g/mol. The summed E-state index contributed by atoms with van der Waals surface area (Å²) in [6.45, 7) is 7.67. The first-order valence-electron chi connectivity index (χ1n) is 12.0. The van der Waals surface area contributed by atoms with Gasteiger partial charge in [-0.3, -0.25) is 4.90 Å². The van der Waals surface area contributed by atoms with Gasteiger partial charge in [0.25, 0.3) is 0 Å². The molecule has 0 spiro atoms. The monoisotopic (exact) mass is 404 g/mol. The lowest BCUT2D eigenvalue weighted by Crippen LogP contribution is -2.44. The second-order valence-corrected chi connectivity index (χ2v) is 9.92. The van der Waals surface area contributed by atoms with E-state index in [0.717, 1.165) is 25.2 Å². The quantitative estimate of drug-likeness (QED) is 0.697. The summed E-state index contributed by atoms with van der Waals surface area (Å²) in [4.78, 5) is 2.59. The van der Waals surface area contributed by atoms with E-state index >= 15 is 0 Å². The van der Waals surface area contributed by atoms with E-state index in [4.69, 9.17) is 0 Å². The zero-order chi connectivity index (χ0) is 20.7. The summed E-state index contributed by atoms with van der Waals surface area (Å²) in [5.41, 5.74) is 6.56. The average molecular weight is 405 g/mol. The number of hydrogen-bond acceptors (Lipinski definition) is 3. The molecule has 3 nitrogen and oxygen atoms in total. The highest BCUT2D eigenvalue weighted by atomic mass is 16.3. The highest BCUT2D eigenvalue weighted by molar-refractivity contribution is 5.56. The van der Waals surface area contributed by atoms with Gasteiger partial charge in [0.2, 0.25) is 0 Å². The predicted molar refractivity (Wildman–Crippen MR) is 123 cm³/mol. The molecule has 1 saturated carbocycles. The Morgan fingerprint density at radius 2 is 1.67 bits per heavy atom. The number of piperidine rings is 1. The second-order valence-electron chi connectivity index (χ2n) is 9.92. The summed E-state index contributed by atoms with van der Waals surface area (Å²) in [5.74, 6) is 1.85. The van der Waals surface area contributed by atoms with Gasteiger partial charge in [-0.15, -0.1) is 0 Å². The number of aryl methyl sites for hydroxylation is 2. The zero-order valence-electron chi connectivity index (χ0n) is 18.5. The standard InChI is InChI=1S/C27H36N2O/c1-18-16-19(2)27(30)25-24(18)22-10-6-7-11-23(22)26(25)28-21-12-14-29(15-13-21)17-20-8-4-3-5-9-20/h3-5,8-9,16,21-23,26,28,30H,6-7,10-15,17H2,1-2H3. The molecule has 1 aliphatic heterocycles. The van der Waals surface area contributed by atoms with Crippen LogP contribution >= 0.6 is 0 Å². The van der Waals surface area contributed by atoms with Crippen LogP contribution < -0.4 is 5.32 Å². The topological polar surface area (TPSA) is 35.5 Å². The summed E-state index contributed by atoms with van der Waals surface area (Å²) in [5, 5.41) is 15.1. The van der Waals surface area contributed by atoms with Gasteiger partial charge in [-0.25, -0.2) is 0 Å². The number of fused-ring (bicyclic) bond motifs is 3. The Balaban J connectivity index is 1.31. The maximum Gasteiger partial charge on any atom is 0.123 e. The van der Waals surface area contributed by atoms with Gasteiger partial charge >= 0.3 is 0 Å². The normalized spacial score (nSPS) is 27.1. The fourth-order valence-corrected chi connectivity index (χ4v) is 6.52. The summed E-state index contributed by atoms with van der Waals surface area (Å²) < 4.78 is 0. The maximum atomic E-state index is 11.0. The SMILES string of the molecule is Cc1cc(C)c2c(c1O)C(NC1CCN(Cc3ccccc3)CC1)C1CCCCC21. The van der Waals surface area contributed by atoms with Crippen LogP contribution in [0.3, 0.4) is 0 Å². The Labute approximate surface area is 181 Å². The minimum absolute atomic E-state index is 0.328. The van der Waals surface area contributed by atoms with Gasteiger partial charge in [-0.05, 0) is 86.7 Å². The van der Waals surface area contributed by atoms with Gasteiger partial charge in [0.05, 0.1) is 0 Å². The third-order valence-electron chi connectivity index (χ3n) is 7.96. The minimum atomic E-state index is 0.328. The predicted octanol–water partition coefficient (Wildman–Crippen LogP) is 5.59. The third-order valence-corrected chi connectivity index (χ3v) is 7.96. The van der Waals surface area contributed by atoms with E-state index in [0.29, 0.717) is 29.7 Å². The van der Waals surface area contributed by atoms with Crippen LogP contribution in [0.4, 0.5) is 0 Å². The number of benzene rings is 2. The molecule has 3 unspecified atom stereocenters. The molecule has 30 heavy (non-hydrogen) atoms. The Hall–Kier alpha value is -1.84. The number of phenols is 1. The second kappa shape index (κ2) is 8.36. The molecule has 2 aromatic rings. The molecular formula is C27H36N2O. The van der Waals surface area contributed by atoms with Crippen molar-refractivity contribution in [3.63, 3.8) is 0 Å². The fraction of sp³-hybridized carbons (Fsp3) is 0.556. The lowest BCUT2D eigenvalue weighted by molar-refractivity contribution is 0.167. The molecule has 1 heterocycles. The molecule has 2 aliphatic carbocycles. The number of aromatic hydroxyl groups is 1. The number of nitrogens with zero attached hydrogens (tertiary/aromatic N) is 1. The molecule has 0 bridgehead atoms.